The van der Waals surface area contributed by atoms with Crippen molar-refractivity contribution >= 4 is 5.97 Å². The maximum Gasteiger partial charge on any atom is 0.306 e. The lowest BCUT2D eigenvalue weighted by molar-refractivity contribution is -0.141. The van der Waals surface area contributed by atoms with Gasteiger partial charge in [0.25, 0.3) is 0 Å². The van der Waals surface area contributed by atoms with Crippen molar-refractivity contribution in [2.75, 3.05) is 7.11 Å². The number of esters is 1. The van der Waals surface area contributed by atoms with Crippen molar-refractivity contribution in [3.05, 3.63) is 24.3 Å². The molecule has 0 aromatic rings. The largest absolute Gasteiger partial charge is 0.469 e. The van der Waals surface area contributed by atoms with E-state index in [0.29, 0.717) is 12.3 Å². The Morgan fingerprint density at radius 2 is 2.14 bits per heavy atom. The average Bonchev–Trinajstić information content (AvgIpc) is 2.23. The minimum absolute atomic E-state index is 0.162. The van der Waals surface area contributed by atoms with Gasteiger partial charge in [0.2, 0.25) is 0 Å². The van der Waals surface area contributed by atoms with E-state index in [1.54, 1.807) is 0 Å². The molecule has 0 aliphatic heterocycles. The zero-order valence-electron chi connectivity index (χ0n) is 9.54. The normalized spacial score (nSPS) is 15.9. The second-order valence-corrected chi connectivity index (χ2v) is 3.51. The molecule has 0 N–H and O–H groups in total. The molecule has 0 amide bonds. The van der Waals surface area contributed by atoms with Crippen molar-refractivity contribution in [2.45, 2.75) is 27.2 Å². The molecule has 0 aliphatic rings. The Balaban J connectivity index is 4.56. The van der Waals surface area contributed by atoms with Crippen molar-refractivity contribution in [3.8, 4) is 0 Å². The molecular formula is C12H20O2. The lowest BCUT2D eigenvalue weighted by Gasteiger charge is -2.20. The molecule has 0 rings (SSSR count). The summed E-state index contributed by atoms with van der Waals surface area (Å²) in [6.45, 7) is 9.83. The predicted octanol–water partition coefficient (Wildman–Crippen LogP) is 2.95. The van der Waals surface area contributed by atoms with Gasteiger partial charge in [-0.05, 0) is 25.7 Å². The van der Waals surface area contributed by atoms with E-state index in [4.69, 9.17) is 0 Å². The molecule has 2 heteroatoms. The monoisotopic (exact) mass is 196 g/mol. The molecular weight excluding hydrogens is 176 g/mol. The van der Waals surface area contributed by atoms with Crippen molar-refractivity contribution < 1.29 is 9.53 Å². The van der Waals surface area contributed by atoms with Crippen LogP contribution in [-0.2, 0) is 9.53 Å². The van der Waals surface area contributed by atoms with Crippen LogP contribution in [0.15, 0.2) is 24.3 Å². The van der Waals surface area contributed by atoms with E-state index >= 15 is 0 Å². The summed E-state index contributed by atoms with van der Waals surface area (Å²) in [7, 11) is 1.42. The van der Waals surface area contributed by atoms with Crippen LogP contribution >= 0.6 is 0 Å². The smallest absolute Gasteiger partial charge is 0.306 e. The fraction of sp³-hybridized carbons (Fsp3) is 0.583. The van der Waals surface area contributed by atoms with Gasteiger partial charge in [0.15, 0.2) is 0 Å². The molecule has 0 bridgehead atoms. The highest BCUT2D eigenvalue weighted by Crippen LogP contribution is 2.25. The molecule has 0 fully saturated rings. The molecule has 0 heterocycles. The Kier molecular flexibility index (Phi) is 5.93. The first kappa shape index (κ1) is 12.9. The standard InChI is InChI=1S/C12H20O2/c1-6-9(3)11(10(4)7-2)8-12(13)14-5/h6-7,9,11H,1,8H2,2-5H3/b10-7-. The Morgan fingerprint density at radius 3 is 2.50 bits per heavy atom. The van der Waals surface area contributed by atoms with Gasteiger partial charge in [0.1, 0.15) is 0 Å². The first-order valence-corrected chi connectivity index (χ1v) is 4.89. The molecule has 0 aliphatic carbocycles. The van der Waals surface area contributed by atoms with Gasteiger partial charge in [-0.2, -0.15) is 0 Å². The fourth-order valence-corrected chi connectivity index (χ4v) is 1.40. The third-order valence-electron chi connectivity index (χ3n) is 2.66. The maximum absolute atomic E-state index is 11.2. The fourth-order valence-electron chi connectivity index (χ4n) is 1.40. The van der Waals surface area contributed by atoms with Gasteiger partial charge in [-0.1, -0.05) is 24.6 Å². The quantitative estimate of drug-likeness (QED) is 0.499. The SMILES string of the molecule is C=CC(C)C(CC(=O)OC)/C(C)=C\C. The zero-order valence-corrected chi connectivity index (χ0v) is 9.54. The molecule has 0 saturated carbocycles. The first-order valence-electron chi connectivity index (χ1n) is 4.89. The third kappa shape index (κ3) is 3.77. The van der Waals surface area contributed by atoms with Crippen molar-refractivity contribution in [1.82, 2.24) is 0 Å². The number of hydrogen-bond acceptors (Lipinski definition) is 2. The number of rotatable bonds is 5. The summed E-state index contributed by atoms with van der Waals surface area (Å²) in [5.74, 6) is 0.347. The van der Waals surface area contributed by atoms with E-state index in [1.165, 1.54) is 12.7 Å². The van der Waals surface area contributed by atoms with Gasteiger partial charge in [0, 0.05) is 0 Å². The summed E-state index contributed by atoms with van der Waals surface area (Å²) >= 11 is 0. The van der Waals surface area contributed by atoms with Crippen LogP contribution in [0.1, 0.15) is 27.2 Å². The highest BCUT2D eigenvalue weighted by atomic mass is 16.5. The van der Waals surface area contributed by atoms with Crippen molar-refractivity contribution in [3.63, 3.8) is 0 Å². The van der Waals surface area contributed by atoms with Crippen LogP contribution in [0.5, 0.6) is 0 Å². The summed E-state index contributed by atoms with van der Waals surface area (Å²) in [4.78, 5) is 11.2. The Hall–Kier alpha value is -1.05. The van der Waals surface area contributed by atoms with Crippen LogP contribution in [-0.4, -0.2) is 13.1 Å². The van der Waals surface area contributed by atoms with E-state index in [9.17, 15) is 4.79 Å². The van der Waals surface area contributed by atoms with Gasteiger partial charge >= 0.3 is 5.97 Å². The van der Waals surface area contributed by atoms with E-state index in [-0.39, 0.29) is 11.9 Å². The highest BCUT2D eigenvalue weighted by Gasteiger charge is 2.19. The average molecular weight is 196 g/mol. The van der Waals surface area contributed by atoms with Crippen LogP contribution < -0.4 is 0 Å². The lowest BCUT2D eigenvalue weighted by Crippen LogP contribution is -2.17. The van der Waals surface area contributed by atoms with Crippen molar-refractivity contribution in [1.29, 1.82) is 0 Å². The number of methoxy groups -OCH3 is 1. The molecule has 14 heavy (non-hydrogen) atoms. The number of hydrogen-bond donors (Lipinski definition) is 0. The summed E-state index contributed by atoms with van der Waals surface area (Å²) in [5.41, 5.74) is 1.21. The minimum Gasteiger partial charge on any atom is -0.469 e. The second kappa shape index (κ2) is 6.41. The van der Waals surface area contributed by atoms with Gasteiger partial charge in [-0.15, -0.1) is 6.58 Å². The number of carbonyl (C=O) groups excluding carboxylic acids is 1. The summed E-state index contributed by atoms with van der Waals surface area (Å²) in [6.07, 6.45) is 4.34. The van der Waals surface area contributed by atoms with Crippen LogP contribution in [0, 0.1) is 11.8 Å². The van der Waals surface area contributed by atoms with Crippen LogP contribution in [0.4, 0.5) is 0 Å². The second-order valence-electron chi connectivity index (χ2n) is 3.51. The summed E-state index contributed by atoms with van der Waals surface area (Å²) < 4.78 is 4.67. The van der Waals surface area contributed by atoms with Crippen LogP contribution in [0.3, 0.4) is 0 Å². The van der Waals surface area contributed by atoms with Crippen LogP contribution in [0.25, 0.3) is 0 Å². The molecule has 80 valence electrons. The van der Waals surface area contributed by atoms with Gasteiger partial charge in [-0.3, -0.25) is 4.79 Å². The van der Waals surface area contributed by atoms with E-state index in [0.717, 1.165) is 0 Å². The maximum atomic E-state index is 11.2. The number of allylic oxidation sites excluding steroid dienone is 3. The Bertz CT molecular complexity index is 228. The molecule has 2 unspecified atom stereocenters. The predicted molar refractivity (Wildman–Crippen MR) is 58.9 cm³/mol. The van der Waals surface area contributed by atoms with Gasteiger partial charge in [-0.25, -0.2) is 0 Å². The first-order chi connectivity index (χ1) is 6.56. The topological polar surface area (TPSA) is 26.3 Å². The van der Waals surface area contributed by atoms with E-state index in [1.807, 2.05) is 26.0 Å². The lowest BCUT2D eigenvalue weighted by atomic mass is 9.85. The minimum atomic E-state index is -0.162. The number of carbonyl (C=O) groups is 1. The van der Waals surface area contributed by atoms with Crippen LogP contribution in [0.2, 0.25) is 0 Å². The summed E-state index contributed by atoms with van der Waals surface area (Å²) in [6, 6.07) is 0. The molecule has 0 radical (unpaired) electrons. The molecule has 0 aromatic heterocycles. The van der Waals surface area contributed by atoms with Gasteiger partial charge < -0.3 is 4.74 Å². The molecule has 0 aromatic carbocycles. The molecule has 2 atom stereocenters. The van der Waals surface area contributed by atoms with Gasteiger partial charge in [0.05, 0.1) is 13.5 Å². The third-order valence-corrected chi connectivity index (χ3v) is 2.66. The zero-order chi connectivity index (χ0) is 11.1. The summed E-state index contributed by atoms with van der Waals surface area (Å²) in [5, 5.41) is 0. The van der Waals surface area contributed by atoms with E-state index in [2.05, 4.69) is 18.2 Å². The molecule has 2 nitrogen and oxygen atoms in total. The number of ether oxygens (including phenoxy) is 1. The van der Waals surface area contributed by atoms with E-state index < -0.39 is 0 Å². The highest BCUT2D eigenvalue weighted by molar-refractivity contribution is 5.70. The Labute approximate surface area is 86.6 Å². The molecule has 0 spiro atoms. The Morgan fingerprint density at radius 1 is 1.57 bits per heavy atom. The van der Waals surface area contributed by atoms with Crippen molar-refractivity contribution in [2.24, 2.45) is 11.8 Å². The molecule has 0 saturated heterocycles.